The van der Waals surface area contributed by atoms with Gasteiger partial charge in [0.15, 0.2) is 6.61 Å². The smallest absolute Gasteiger partial charge is 0.338 e. The number of hydrogen-bond acceptors (Lipinski definition) is 4. The maximum absolute atomic E-state index is 13.4. The minimum absolute atomic E-state index is 0.00437. The van der Waals surface area contributed by atoms with Gasteiger partial charge in [-0.1, -0.05) is 0 Å². The first-order valence-corrected chi connectivity index (χ1v) is 7.54. The highest BCUT2D eigenvalue weighted by Gasteiger charge is 2.13. The van der Waals surface area contributed by atoms with Gasteiger partial charge in [-0.05, 0) is 50.2 Å². The van der Waals surface area contributed by atoms with Crippen molar-refractivity contribution >= 4 is 17.6 Å². The molecule has 1 N–H and O–H groups in total. The summed E-state index contributed by atoms with van der Waals surface area (Å²) in [5.74, 6) is -2.38. The van der Waals surface area contributed by atoms with Crippen LogP contribution in [0.1, 0.15) is 24.2 Å². The predicted octanol–water partition coefficient (Wildman–Crippen LogP) is 3.55. The molecule has 0 aromatic heterocycles. The first-order valence-electron chi connectivity index (χ1n) is 7.54. The molecule has 0 saturated heterocycles. The fourth-order valence-electron chi connectivity index (χ4n) is 1.94. The Kier molecular flexibility index (Phi) is 6.05. The van der Waals surface area contributed by atoms with Gasteiger partial charge in [-0.15, -0.1) is 0 Å². The van der Waals surface area contributed by atoms with E-state index < -0.39 is 30.1 Å². The third kappa shape index (κ3) is 5.56. The summed E-state index contributed by atoms with van der Waals surface area (Å²) < 4.78 is 36.7. The molecule has 0 aliphatic rings. The van der Waals surface area contributed by atoms with E-state index in [1.165, 1.54) is 12.1 Å². The van der Waals surface area contributed by atoms with E-state index in [1.54, 1.807) is 12.1 Å². The molecular weight excluding hydrogens is 332 g/mol. The standard InChI is InChI=1S/C18H17F2NO4/c1-11(2)25-14-6-3-12(4-7-14)18(23)24-10-17(22)21-16-9-13(19)5-8-15(16)20/h3-9,11H,10H2,1-2H3,(H,21,22). The molecule has 0 bridgehead atoms. The highest BCUT2D eigenvalue weighted by Crippen LogP contribution is 2.16. The quantitative estimate of drug-likeness (QED) is 0.810. The van der Waals surface area contributed by atoms with E-state index in [2.05, 4.69) is 5.32 Å². The number of rotatable bonds is 6. The fourth-order valence-corrected chi connectivity index (χ4v) is 1.94. The number of halogens is 2. The summed E-state index contributed by atoms with van der Waals surface area (Å²) in [6.45, 7) is 3.13. The molecule has 0 aliphatic heterocycles. The number of benzene rings is 2. The van der Waals surface area contributed by atoms with E-state index in [0.29, 0.717) is 5.75 Å². The second-order valence-electron chi connectivity index (χ2n) is 5.44. The van der Waals surface area contributed by atoms with Gasteiger partial charge in [0.2, 0.25) is 0 Å². The first-order chi connectivity index (χ1) is 11.8. The maximum atomic E-state index is 13.4. The van der Waals surface area contributed by atoms with Crippen molar-refractivity contribution < 1.29 is 27.8 Å². The number of carbonyl (C=O) groups excluding carboxylic acids is 2. The van der Waals surface area contributed by atoms with Crippen LogP contribution in [0.3, 0.4) is 0 Å². The second kappa shape index (κ2) is 8.23. The highest BCUT2D eigenvalue weighted by molar-refractivity contribution is 5.95. The molecule has 0 spiro atoms. The molecule has 1 amide bonds. The Balaban J connectivity index is 1.88. The predicted molar refractivity (Wildman–Crippen MR) is 87.5 cm³/mol. The van der Waals surface area contributed by atoms with Crippen LogP contribution in [-0.2, 0) is 9.53 Å². The van der Waals surface area contributed by atoms with Crippen LogP contribution < -0.4 is 10.1 Å². The van der Waals surface area contributed by atoms with Crippen molar-refractivity contribution in [1.82, 2.24) is 0 Å². The van der Waals surface area contributed by atoms with Gasteiger partial charge in [0.05, 0.1) is 17.4 Å². The molecule has 0 aliphatic carbocycles. The van der Waals surface area contributed by atoms with Gasteiger partial charge in [0.1, 0.15) is 17.4 Å². The lowest BCUT2D eigenvalue weighted by Crippen LogP contribution is -2.21. The van der Waals surface area contributed by atoms with Crippen LogP contribution in [0.15, 0.2) is 42.5 Å². The van der Waals surface area contributed by atoms with Crippen molar-refractivity contribution in [2.45, 2.75) is 20.0 Å². The summed E-state index contributed by atoms with van der Waals surface area (Å²) in [6.07, 6.45) is 0.00437. The van der Waals surface area contributed by atoms with Crippen LogP contribution in [0.2, 0.25) is 0 Å². The lowest BCUT2D eigenvalue weighted by atomic mass is 10.2. The SMILES string of the molecule is CC(C)Oc1ccc(C(=O)OCC(=O)Nc2cc(F)ccc2F)cc1. The Morgan fingerprint density at radius 2 is 1.76 bits per heavy atom. The number of esters is 1. The lowest BCUT2D eigenvalue weighted by molar-refractivity contribution is -0.119. The molecule has 0 atom stereocenters. The number of nitrogens with one attached hydrogen (secondary N) is 1. The molecular formula is C18H17F2NO4. The molecule has 7 heteroatoms. The number of ether oxygens (including phenoxy) is 2. The van der Waals surface area contributed by atoms with E-state index in [0.717, 1.165) is 18.2 Å². The first kappa shape index (κ1) is 18.4. The third-order valence-electron chi connectivity index (χ3n) is 3.00. The fraction of sp³-hybridized carbons (Fsp3) is 0.222. The number of hydrogen-bond donors (Lipinski definition) is 1. The van der Waals surface area contributed by atoms with Crippen LogP contribution in [0.5, 0.6) is 5.75 Å². The van der Waals surface area contributed by atoms with Crippen LogP contribution in [0, 0.1) is 11.6 Å². The summed E-state index contributed by atoms with van der Waals surface area (Å²) in [5.41, 5.74) is -0.0860. The van der Waals surface area contributed by atoms with Gasteiger partial charge in [-0.3, -0.25) is 4.79 Å². The largest absolute Gasteiger partial charge is 0.491 e. The molecule has 5 nitrogen and oxygen atoms in total. The van der Waals surface area contributed by atoms with Crippen LogP contribution in [-0.4, -0.2) is 24.6 Å². The van der Waals surface area contributed by atoms with E-state index in [-0.39, 0.29) is 17.4 Å². The summed E-state index contributed by atoms with van der Waals surface area (Å²) in [5, 5.41) is 2.14. The van der Waals surface area contributed by atoms with E-state index in [4.69, 9.17) is 9.47 Å². The molecule has 0 saturated carbocycles. The van der Waals surface area contributed by atoms with Gasteiger partial charge in [0.25, 0.3) is 5.91 Å². The second-order valence-corrected chi connectivity index (χ2v) is 5.44. The van der Waals surface area contributed by atoms with Crippen molar-refractivity contribution in [3.8, 4) is 5.75 Å². The van der Waals surface area contributed by atoms with E-state index in [9.17, 15) is 18.4 Å². The zero-order valence-corrected chi connectivity index (χ0v) is 13.7. The van der Waals surface area contributed by atoms with Crippen molar-refractivity contribution in [2.75, 3.05) is 11.9 Å². The molecule has 2 aromatic carbocycles. The van der Waals surface area contributed by atoms with Crippen LogP contribution in [0.25, 0.3) is 0 Å². The van der Waals surface area contributed by atoms with E-state index in [1.807, 2.05) is 13.8 Å². The van der Waals surface area contributed by atoms with Gasteiger partial charge in [-0.25, -0.2) is 13.6 Å². The Morgan fingerprint density at radius 1 is 1.08 bits per heavy atom. The molecule has 0 radical (unpaired) electrons. The van der Waals surface area contributed by atoms with Crippen molar-refractivity contribution in [3.63, 3.8) is 0 Å². The third-order valence-corrected chi connectivity index (χ3v) is 3.00. The molecule has 2 aromatic rings. The average molecular weight is 349 g/mol. The summed E-state index contributed by atoms with van der Waals surface area (Å²) in [4.78, 5) is 23.6. The Hall–Kier alpha value is -2.96. The van der Waals surface area contributed by atoms with Crippen LogP contribution >= 0.6 is 0 Å². The Bertz CT molecular complexity index is 760. The van der Waals surface area contributed by atoms with Gasteiger partial charge in [0, 0.05) is 6.07 Å². The van der Waals surface area contributed by atoms with Crippen molar-refractivity contribution in [3.05, 3.63) is 59.7 Å². The molecule has 132 valence electrons. The zero-order valence-electron chi connectivity index (χ0n) is 13.7. The number of anilines is 1. The summed E-state index contributed by atoms with van der Waals surface area (Å²) >= 11 is 0. The van der Waals surface area contributed by atoms with Gasteiger partial charge in [-0.2, -0.15) is 0 Å². The summed E-state index contributed by atoms with van der Waals surface area (Å²) in [7, 11) is 0. The molecule has 2 rings (SSSR count). The molecule has 0 unspecified atom stereocenters. The van der Waals surface area contributed by atoms with Gasteiger partial charge < -0.3 is 14.8 Å². The average Bonchev–Trinajstić information content (AvgIpc) is 2.56. The maximum Gasteiger partial charge on any atom is 0.338 e. The Morgan fingerprint density at radius 3 is 2.40 bits per heavy atom. The normalized spacial score (nSPS) is 10.4. The zero-order chi connectivity index (χ0) is 18.4. The highest BCUT2D eigenvalue weighted by atomic mass is 19.1. The molecule has 0 fully saturated rings. The summed E-state index contributed by atoms with van der Waals surface area (Å²) in [6, 6.07) is 8.88. The molecule has 0 heterocycles. The minimum atomic E-state index is -0.790. The van der Waals surface area contributed by atoms with Crippen molar-refractivity contribution in [2.24, 2.45) is 0 Å². The lowest BCUT2D eigenvalue weighted by Gasteiger charge is -2.10. The van der Waals surface area contributed by atoms with E-state index >= 15 is 0 Å². The van der Waals surface area contributed by atoms with Crippen LogP contribution in [0.4, 0.5) is 14.5 Å². The number of amides is 1. The number of carbonyl (C=O) groups is 2. The Labute approximate surface area is 143 Å². The monoisotopic (exact) mass is 349 g/mol. The topological polar surface area (TPSA) is 64.6 Å². The van der Waals surface area contributed by atoms with Gasteiger partial charge >= 0.3 is 5.97 Å². The molecule has 25 heavy (non-hydrogen) atoms. The van der Waals surface area contributed by atoms with Crippen molar-refractivity contribution in [1.29, 1.82) is 0 Å². The minimum Gasteiger partial charge on any atom is -0.491 e.